The number of aldehydes is 1. The zero-order chi connectivity index (χ0) is 14.0. The number of alkyl halides is 3. The van der Waals surface area contributed by atoms with Gasteiger partial charge >= 0.3 is 6.18 Å². The Labute approximate surface area is 110 Å². The van der Waals surface area contributed by atoms with E-state index in [0.717, 1.165) is 6.20 Å². The summed E-state index contributed by atoms with van der Waals surface area (Å²) in [5, 5.41) is -0.935. The highest BCUT2D eigenvalue weighted by molar-refractivity contribution is 7.15. The fraction of sp³-hybridized carbons (Fsp3) is 0.167. The number of aromatic nitrogens is 1. The first-order chi connectivity index (χ1) is 8.95. The Kier molecular flexibility index (Phi) is 3.57. The van der Waals surface area contributed by atoms with E-state index in [1.54, 1.807) is 6.07 Å². The van der Waals surface area contributed by atoms with Crippen molar-refractivity contribution < 1.29 is 22.7 Å². The molecule has 2 aromatic rings. The van der Waals surface area contributed by atoms with Gasteiger partial charge in [-0.1, -0.05) is 0 Å². The predicted molar refractivity (Wildman–Crippen MR) is 64.5 cm³/mol. The maximum absolute atomic E-state index is 12.5. The lowest BCUT2D eigenvalue weighted by Crippen LogP contribution is -2.02. The maximum Gasteiger partial charge on any atom is 0.443 e. The highest BCUT2D eigenvalue weighted by Crippen LogP contribution is 2.37. The molecule has 19 heavy (non-hydrogen) atoms. The number of rotatable bonds is 3. The lowest BCUT2D eigenvalue weighted by molar-refractivity contribution is -0.137. The van der Waals surface area contributed by atoms with Crippen LogP contribution in [0, 0.1) is 0 Å². The molecule has 7 heteroatoms. The van der Waals surface area contributed by atoms with Crippen LogP contribution in [0.15, 0.2) is 24.4 Å². The Bertz CT molecular complexity index is 607. The van der Waals surface area contributed by atoms with Crippen LogP contribution in [0.1, 0.15) is 15.4 Å². The molecule has 0 aliphatic rings. The second-order valence-electron chi connectivity index (χ2n) is 3.60. The van der Waals surface area contributed by atoms with Crippen molar-refractivity contribution in [2.24, 2.45) is 0 Å². The number of hydrogen-bond acceptors (Lipinski definition) is 4. The largest absolute Gasteiger partial charge is 0.497 e. The van der Waals surface area contributed by atoms with E-state index in [1.807, 2.05) is 0 Å². The van der Waals surface area contributed by atoms with E-state index in [9.17, 15) is 18.0 Å². The molecule has 3 nitrogen and oxygen atoms in total. The second-order valence-corrected chi connectivity index (χ2v) is 4.63. The average molecular weight is 287 g/mol. The zero-order valence-corrected chi connectivity index (χ0v) is 10.5. The number of nitrogens with zero attached hydrogens (tertiary/aromatic N) is 1. The van der Waals surface area contributed by atoms with Crippen LogP contribution >= 0.6 is 11.3 Å². The Morgan fingerprint density at radius 3 is 2.63 bits per heavy atom. The van der Waals surface area contributed by atoms with Crippen molar-refractivity contribution in [1.82, 2.24) is 4.98 Å². The van der Waals surface area contributed by atoms with Crippen LogP contribution in [0.25, 0.3) is 10.4 Å². The van der Waals surface area contributed by atoms with Crippen LogP contribution in [0.5, 0.6) is 5.75 Å². The van der Waals surface area contributed by atoms with Crippen molar-refractivity contribution in [1.29, 1.82) is 0 Å². The van der Waals surface area contributed by atoms with Crippen LogP contribution < -0.4 is 4.74 Å². The quantitative estimate of drug-likeness (QED) is 0.809. The fourth-order valence-corrected chi connectivity index (χ4v) is 2.35. The summed E-state index contributed by atoms with van der Waals surface area (Å²) in [6.45, 7) is 0. The van der Waals surface area contributed by atoms with Gasteiger partial charge in [-0.15, -0.1) is 11.3 Å². The van der Waals surface area contributed by atoms with Gasteiger partial charge in [-0.2, -0.15) is 13.2 Å². The minimum Gasteiger partial charge on any atom is -0.497 e. The molecule has 1 aromatic carbocycles. The molecule has 0 saturated carbocycles. The normalized spacial score (nSPS) is 11.4. The minimum atomic E-state index is -4.48. The predicted octanol–water partition coefficient (Wildman–Crippen LogP) is 3.65. The van der Waals surface area contributed by atoms with Crippen LogP contribution in [0.3, 0.4) is 0 Å². The Morgan fingerprint density at radius 2 is 2.11 bits per heavy atom. The summed E-state index contributed by atoms with van der Waals surface area (Å²) in [5.74, 6) is 0.464. The smallest absolute Gasteiger partial charge is 0.443 e. The van der Waals surface area contributed by atoms with Gasteiger partial charge in [0.2, 0.25) is 0 Å². The molecule has 0 saturated heterocycles. The molecule has 1 aromatic heterocycles. The number of benzene rings is 1. The van der Waals surface area contributed by atoms with Gasteiger partial charge in [-0.05, 0) is 18.2 Å². The van der Waals surface area contributed by atoms with Crippen molar-refractivity contribution in [2.45, 2.75) is 6.18 Å². The molecule has 1 heterocycles. The Balaban J connectivity index is 2.47. The first kappa shape index (κ1) is 13.5. The summed E-state index contributed by atoms with van der Waals surface area (Å²) in [6.07, 6.45) is -2.79. The first-order valence-corrected chi connectivity index (χ1v) is 5.94. The third kappa shape index (κ3) is 2.76. The van der Waals surface area contributed by atoms with E-state index >= 15 is 0 Å². The fourth-order valence-electron chi connectivity index (χ4n) is 1.52. The number of hydrogen-bond donors (Lipinski definition) is 0. The molecule has 0 aliphatic heterocycles. The molecule has 0 unspecified atom stereocenters. The third-order valence-electron chi connectivity index (χ3n) is 2.40. The lowest BCUT2D eigenvalue weighted by Gasteiger charge is -2.05. The maximum atomic E-state index is 12.5. The third-order valence-corrected chi connectivity index (χ3v) is 3.47. The van der Waals surface area contributed by atoms with Crippen molar-refractivity contribution in [2.75, 3.05) is 7.11 Å². The highest BCUT2D eigenvalue weighted by Gasteiger charge is 2.34. The van der Waals surface area contributed by atoms with Crippen LogP contribution in [-0.2, 0) is 6.18 Å². The topological polar surface area (TPSA) is 39.2 Å². The molecule has 0 atom stereocenters. The van der Waals surface area contributed by atoms with Gasteiger partial charge in [0.05, 0.1) is 12.0 Å². The van der Waals surface area contributed by atoms with Gasteiger partial charge in [0.1, 0.15) is 5.75 Å². The highest BCUT2D eigenvalue weighted by atomic mass is 32.1. The number of ether oxygens (including phenoxy) is 1. The Morgan fingerprint density at radius 1 is 1.37 bits per heavy atom. The standard InChI is InChI=1S/C12H8F3NO2S/c1-18-8-2-3-9(7(4-8)6-17)10-5-16-11(19-10)12(13,14)15/h2-6H,1H3. The minimum absolute atomic E-state index is 0.261. The summed E-state index contributed by atoms with van der Waals surface area (Å²) in [4.78, 5) is 14.6. The van der Waals surface area contributed by atoms with E-state index in [2.05, 4.69) is 4.98 Å². The van der Waals surface area contributed by atoms with Crippen LogP contribution in [-0.4, -0.2) is 18.4 Å². The van der Waals surface area contributed by atoms with E-state index in [0.29, 0.717) is 28.9 Å². The van der Waals surface area contributed by atoms with Crippen molar-refractivity contribution in [3.63, 3.8) is 0 Å². The number of carbonyl (C=O) groups is 1. The average Bonchev–Trinajstić information content (AvgIpc) is 2.87. The molecule has 0 bridgehead atoms. The van der Waals surface area contributed by atoms with Crippen LogP contribution in [0.2, 0.25) is 0 Å². The molecule has 2 rings (SSSR count). The van der Waals surface area contributed by atoms with Crippen molar-refractivity contribution >= 4 is 17.6 Å². The summed E-state index contributed by atoms with van der Waals surface area (Å²) in [6, 6.07) is 4.58. The molecule has 0 fully saturated rings. The molecular weight excluding hydrogens is 279 g/mol. The van der Waals surface area contributed by atoms with E-state index in [1.165, 1.54) is 19.2 Å². The number of carbonyl (C=O) groups excluding carboxylic acids is 1. The van der Waals surface area contributed by atoms with Gasteiger partial charge in [-0.25, -0.2) is 4.98 Å². The number of halogens is 3. The summed E-state index contributed by atoms with van der Waals surface area (Å²) < 4.78 is 42.4. The monoisotopic (exact) mass is 287 g/mol. The van der Waals surface area contributed by atoms with Gasteiger partial charge in [0, 0.05) is 17.3 Å². The van der Waals surface area contributed by atoms with Gasteiger partial charge in [0.15, 0.2) is 11.3 Å². The number of thiazole rings is 1. The van der Waals surface area contributed by atoms with Gasteiger partial charge < -0.3 is 4.74 Å². The molecule has 0 spiro atoms. The zero-order valence-electron chi connectivity index (χ0n) is 9.69. The summed E-state index contributed by atoms with van der Waals surface area (Å²) in [7, 11) is 1.44. The molecule has 100 valence electrons. The van der Waals surface area contributed by atoms with Crippen molar-refractivity contribution in [3.8, 4) is 16.2 Å². The molecule has 0 radical (unpaired) electrons. The molecular formula is C12H8F3NO2S. The number of methoxy groups -OCH3 is 1. The van der Waals surface area contributed by atoms with Gasteiger partial charge in [0.25, 0.3) is 0 Å². The van der Waals surface area contributed by atoms with Gasteiger partial charge in [-0.3, -0.25) is 4.79 Å². The van der Waals surface area contributed by atoms with Crippen molar-refractivity contribution in [3.05, 3.63) is 35.0 Å². The van der Waals surface area contributed by atoms with E-state index in [4.69, 9.17) is 4.74 Å². The lowest BCUT2D eigenvalue weighted by atomic mass is 10.1. The van der Waals surface area contributed by atoms with E-state index in [-0.39, 0.29) is 10.4 Å². The van der Waals surface area contributed by atoms with Crippen LogP contribution in [0.4, 0.5) is 13.2 Å². The SMILES string of the molecule is COc1ccc(-c2cnc(C(F)(F)F)s2)c(C=O)c1. The molecule has 0 N–H and O–H groups in total. The molecule has 0 amide bonds. The summed E-state index contributed by atoms with van der Waals surface area (Å²) >= 11 is 0.500. The van der Waals surface area contributed by atoms with E-state index < -0.39 is 11.2 Å². The first-order valence-electron chi connectivity index (χ1n) is 5.12. The second kappa shape index (κ2) is 5.00. The molecule has 0 aliphatic carbocycles. The Hall–Kier alpha value is -1.89. The summed E-state index contributed by atoms with van der Waals surface area (Å²) in [5.41, 5.74) is 0.667.